The first-order valence-electron chi connectivity index (χ1n) is 25.9. The number of allylic oxidation sites excluding steroid dienone is 1. The van der Waals surface area contributed by atoms with Crippen molar-refractivity contribution in [3.05, 3.63) is 11.6 Å². The van der Waals surface area contributed by atoms with Gasteiger partial charge in [0, 0.05) is 6.42 Å². The van der Waals surface area contributed by atoms with E-state index in [4.69, 9.17) is 0 Å². The zero-order chi connectivity index (χ0) is 47.5. The third kappa shape index (κ3) is 8.96. The Labute approximate surface area is 383 Å². The smallest absolute Gasteiger partial charge is 0.390 e. The Morgan fingerprint density at radius 2 is 1.03 bits per heavy atom. The summed E-state index contributed by atoms with van der Waals surface area (Å²) in [6.07, 6.45) is 9.31. The van der Waals surface area contributed by atoms with E-state index in [2.05, 4.69) is 47.6 Å². The van der Waals surface area contributed by atoms with Gasteiger partial charge in [0.2, 0.25) is 0 Å². The molecule has 8 rings (SSSR count). The highest BCUT2D eigenvalue weighted by molar-refractivity contribution is 5.28. The summed E-state index contributed by atoms with van der Waals surface area (Å²) >= 11 is 0. The van der Waals surface area contributed by atoms with Gasteiger partial charge in [0.25, 0.3) is 0 Å². The van der Waals surface area contributed by atoms with Gasteiger partial charge >= 0.3 is 12.4 Å². The van der Waals surface area contributed by atoms with Gasteiger partial charge in [0.05, 0.1) is 11.2 Å². The van der Waals surface area contributed by atoms with E-state index in [1.54, 1.807) is 0 Å². The van der Waals surface area contributed by atoms with Gasteiger partial charge < -0.3 is 20.4 Å². The molecule has 0 amide bonds. The van der Waals surface area contributed by atoms with Crippen molar-refractivity contribution in [1.82, 2.24) is 0 Å². The summed E-state index contributed by atoms with van der Waals surface area (Å²) < 4.78 is 81.3. The molecule has 0 spiro atoms. The molecule has 0 unspecified atom stereocenters. The Balaban J connectivity index is 0.000000191. The third-order valence-electron chi connectivity index (χ3n) is 21.9. The van der Waals surface area contributed by atoms with E-state index in [1.807, 2.05) is 27.7 Å². The second-order valence-electron chi connectivity index (χ2n) is 26.5. The standard InChI is InChI=1S/C27H45F3O2.C27H43F3O2/c2*1-17(10-12-23(2,3)31)20-8-9-21-19-7-6-18-16-26(32,27(28,29)30)15-14-24(18,4)22(19)11-13-25(20,21)5/h17-22,31-32H,6-16H2,1-5H3;6,17,19-22,31-32H,7-16H2,1-5H3/t17-,18+,19+,20-,21+,22+,24+,25-,26+;17-,19+,20-,21+,22+,24+,25-,26+/m11/s1. The average Bonchev–Trinajstić information content (AvgIpc) is 3.72. The van der Waals surface area contributed by atoms with Gasteiger partial charge in [-0.1, -0.05) is 53.2 Å². The number of halogens is 6. The number of rotatable bonds is 8. The molecule has 4 nitrogen and oxygen atoms in total. The molecule has 0 saturated heterocycles. The summed E-state index contributed by atoms with van der Waals surface area (Å²) in [5.41, 5.74) is -5.06. The van der Waals surface area contributed by atoms with Crippen molar-refractivity contribution in [2.45, 2.75) is 239 Å². The number of hydrogen-bond acceptors (Lipinski definition) is 4. The van der Waals surface area contributed by atoms with Crippen molar-refractivity contribution in [2.75, 3.05) is 0 Å². The lowest BCUT2D eigenvalue weighted by molar-refractivity contribution is -0.290. The van der Waals surface area contributed by atoms with E-state index >= 15 is 0 Å². The predicted molar refractivity (Wildman–Crippen MR) is 242 cm³/mol. The minimum absolute atomic E-state index is 0.0172. The summed E-state index contributed by atoms with van der Waals surface area (Å²) in [5, 5.41) is 41.2. The van der Waals surface area contributed by atoms with Crippen molar-refractivity contribution in [2.24, 2.45) is 86.8 Å². The van der Waals surface area contributed by atoms with Crippen molar-refractivity contribution in [1.29, 1.82) is 0 Å². The van der Waals surface area contributed by atoms with E-state index < -0.39 is 34.8 Å². The minimum atomic E-state index is -4.56. The second kappa shape index (κ2) is 16.9. The molecule has 64 heavy (non-hydrogen) atoms. The van der Waals surface area contributed by atoms with Crippen LogP contribution in [-0.2, 0) is 0 Å². The molecule has 8 aliphatic carbocycles. The van der Waals surface area contributed by atoms with Crippen molar-refractivity contribution < 1.29 is 46.8 Å². The first-order valence-corrected chi connectivity index (χ1v) is 25.9. The van der Waals surface area contributed by atoms with Crippen LogP contribution in [-0.4, -0.2) is 55.2 Å². The van der Waals surface area contributed by atoms with E-state index in [-0.39, 0.29) is 42.4 Å². The lowest BCUT2D eigenvalue weighted by Crippen LogP contribution is -2.59. The summed E-state index contributed by atoms with van der Waals surface area (Å²) in [6.45, 7) is 21.7. The Hall–Kier alpha value is -0.840. The van der Waals surface area contributed by atoms with E-state index in [9.17, 15) is 46.8 Å². The monoisotopic (exact) mass is 915 g/mol. The van der Waals surface area contributed by atoms with Gasteiger partial charge in [-0.05, 0) is 243 Å². The largest absolute Gasteiger partial charge is 0.417 e. The molecule has 10 heteroatoms. The molecule has 0 aromatic rings. The topological polar surface area (TPSA) is 80.9 Å². The molecule has 0 aromatic carbocycles. The van der Waals surface area contributed by atoms with Crippen molar-refractivity contribution >= 4 is 0 Å². The Morgan fingerprint density at radius 3 is 1.53 bits per heavy atom. The normalized spacial score (nSPS) is 46.8. The number of aliphatic hydroxyl groups is 4. The number of fused-ring (bicyclic) bond motifs is 10. The highest BCUT2D eigenvalue weighted by atomic mass is 19.4. The van der Waals surface area contributed by atoms with Crippen molar-refractivity contribution in [3.8, 4) is 0 Å². The Kier molecular flexibility index (Phi) is 13.5. The van der Waals surface area contributed by atoms with Crippen LogP contribution in [0, 0.1) is 86.8 Å². The van der Waals surface area contributed by atoms with Crippen LogP contribution in [0.2, 0.25) is 0 Å². The number of hydrogen-bond donors (Lipinski definition) is 4. The first-order chi connectivity index (χ1) is 29.2. The summed E-state index contributed by atoms with van der Waals surface area (Å²) in [5.74, 6) is 5.92. The summed E-state index contributed by atoms with van der Waals surface area (Å²) in [6, 6.07) is 0. The molecule has 17 atom stereocenters. The van der Waals surface area contributed by atoms with Crippen LogP contribution in [0.4, 0.5) is 26.3 Å². The number of alkyl halides is 6. The highest BCUT2D eigenvalue weighted by Crippen LogP contribution is 2.71. The molecule has 370 valence electrons. The zero-order valence-corrected chi connectivity index (χ0v) is 41.3. The fourth-order valence-electron chi connectivity index (χ4n) is 17.9. The van der Waals surface area contributed by atoms with Crippen LogP contribution >= 0.6 is 0 Å². The fraction of sp³-hybridized carbons (Fsp3) is 0.963. The molecule has 0 bridgehead atoms. The van der Waals surface area contributed by atoms with E-state index in [1.165, 1.54) is 32.1 Å². The lowest BCUT2D eigenvalue weighted by Gasteiger charge is -2.62. The third-order valence-corrected chi connectivity index (χ3v) is 21.9. The van der Waals surface area contributed by atoms with Crippen LogP contribution in [0.1, 0.15) is 204 Å². The van der Waals surface area contributed by atoms with Gasteiger partial charge in [-0.3, -0.25) is 0 Å². The lowest BCUT2D eigenvalue weighted by atomic mass is 9.43. The second-order valence-corrected chi connectivity index (χ2v) is 26.5. The van der Waals surface area contributed by atoms with Gasteiger partial charge in [-0.25, -0.2) is 0 Å². The SMILES string of the molecule is C[C@H](CCC(C)(C)O)[C@H]1CC[C@H]2[C@@H]3CC=C4C[C@](O)(C(F)(F)F)CC[C@]4(C)[C@H]3CC[C@]12C.C[C@H](CCC(C)(C)O)[C@H]1CC[C@H]2[C@@H]3CC[C@H]4C[C@](O)(C(F)(F)F)CC[C@]4(C)[C@H]3CC[C@]12C. The maximum absolute atomic E-state index is 13.6. The van der Waals surface area contributed by atoms with Crippen molar-refractivity contribution in [3.63, 3.8) is 0 Å². The van der Waals surface area contributed by atoms with Gasteiger partial charge in [-0.15, -0.1) is 0 Å². The zero-order valence-electron chi connectivity index (χ0n) is 41.3. The fourth-order valence-corrected chi connectivity index (χ4v) is 17.9. The summed E-state index contributed by atoms with van der Waals surface area (Å²) in [7, 11) is 0. The maximum Gasteiger partial charge on any atom is 0.417 e. The van der Waals surface area contributed by atoms with Crippen LogP contribution in [0.15, 0.2) is 11.6 Å². The molecule has 8 aliphatic rings. The van der Waals surface area contributed by atoms with E-state index in [0.717, 1.165) is 69.8 Å². The van der Waals surface area contributed by atoms with Gasteiger partial charge in [0.1, 0.15) is 0 Å². The minimum Gasteiger partial charge on any atom is -0.390 e. The molecular weight excluding hydrogens is 827 g/mol. The quantitative estimate of drug-likeness (QED) is 0.144. The molecule has 0 aromatic heterocycles. The average molecular weight is 915 g/mol. The first kappa shape index (κ1) is 51.0. The molecule has 0 radical (unpaired) electrons. The van der Waals surface area contributed by atoms with Crippen LogP contribution < -0.4 is 0 Å². The molecule has 7 saturated carbocycles. The van der Waals surface area contributed by atoms with Crippen LogP contribution in [0.25, 0.3) is 0 Å². The Bertz CT molecular complexity index is 1700. The predicted octanol–water partition coefficient (Wildman–Crippen LogP) is 14.2. The summed E-state index contributed by atoms with van der Waals surface area (Å²) in [4.78, 5) is 0. The maximum atomic E-state index is 13.6. The highest BCUT2D eigenvalue weighted by Gasteiger charge is 2.66. The van der Waals surface area contributed by atoms with Crippen LogP contribution in [0.5, 0.6) is 0 Å². The molecular formula is C54H88F6O4. The molecule has 4 N–H and O–H groups in total. The van der Waals surface area contributed by atoms with Gasteiger partial charge in [-0.2, -0.15) is 26.3 Å². The van der Waals surface area contributed by atoms with Gasteiger partial charge in [0.15, 0.2) is 11.2 Å². The molecule has 0 aliphatic heterocycles. The Morgan fingerprint density at radius 1 is 0.562 bits per heavy atom. The molecule has 0 heterocycles. The van der Waals surface area contributed by atoms with Crippen LogP contribution in [0.3, 0.4) is 0 Å². The molecule has 7 fully saturated rings. The van der Waals surface area contributed by atoms with E-state index in [0.29, 0.717) is 82.9 Å².